The third-order valence-electron chi connectivity index (χ3n) is 3.13. The summed E-state index contributed by atoms with van der Waals surface area (Å²) < 4.78 is 13.6. The van der Waals surface area contributed by atoms with E-state index in [-0.39, 0.29) is 25.9 Å². The van der Waals surface area contributed by atoms with E-state index in [0.29, 0.717) is 6.54 Å². The molecule has 0 aromatic heterocycles. The molecule has 0 fully saturated rings. The zero-order chi connectivity index (χ0) is 19.4. The highest BCUT2D eigenvalue weighted by molar-refractivity contribution is 7.99. The Labute approximate surface area is 157 Å². The van der Waals surface area contributed by atoms with E-state index in [0.717, 1.165) is 11.3 Å². The fourth-order valence-electron chi connectivity index (χ4n) is 1.97. The molecule has 1 rings (SSSR count). The highest BCUT2D eigenvalue weighted by Gasteiger charge is 2.17. The summed E-state index contributed by atoms with van der Waals surface area (Å²) in [5.74, 6) is -0.548. The molecular formula is C16H25N3O6S. The van der Waals surface area contributed by atoms with Crippen LogP contribution in [0, 0.1) is 10.1 Å². The number of hydrogen-bond donors (Lipinski definition) is 2. The van der Waals surface area contributed by atoms with E-state index in [4.69, 9.17) is 9.47 Å². The standard InChI is InChI=1S/C16H25N3O6S/c1-12(2)17-10-15(13-4-6-14(7-5-13)18-26-3)25-16(20)11-23-8-9-24-19(21)22/h4-7,12,15,17-18H,8-11H2,1-3H3. The van der Waals surface area contributed by atoms with Gasteiger partial charge in [-0.15, -0.1) is 10.1 Å². The maximum Gasteiger partial charge on any atom is 0.332 e. The van der Waals surface area contributed by atoms with Gasteiger partial charge in [0.2, 0.25) is 0 Å². The first-order valence-electron chi connectivity index (χ1n) is 8.09. The van der Waals surface area contributed by atoms with Gasteiger partial charge in [0.05, 0.1) is 6.61 Å². The van der Waals surface area contributed by atoms with Gasteiger partial charge in [0.1, 0.15) is 19.3 Å². The van der Waals surface area contributed by atoms with Gasteiger partial charge in [-0.1, -0.05) is 37.9 Å². The summed E-state index contributed by atoms with van der Waals surface area (Å²) in [5, 5.41) is 12.3. The number of rotatable bonds is 13. The summed E-state index contributed by atoms with van der Waals surface area (Å²) in [6, 6.07) is 7.85. The zero-order valence-corrected chi connectivity index (χ0v) is 15.9. The fourth-order valence-corrected chi connectivity index (χ4v) is 2.34. The molecular weight excluding hydrogens is 362 g/mol. The second kappa shape index (κ2) is 12.3. The van der Waals surface area contributed by atoms with Gasteiger partial charge in [-0.25, -0.2) is 4.79 Å². The molecule has 0 spiro atoms. The van der Waals surface area contributed by atoms with Gasteiger partial charge in [0.25, 0.3) is 5.09 Å². The molecule has 0 saturated heterocycles. The molecule has 9 nitrogen and oxygen atoms in total. The van der Waals surface area contributed by atoms with Crippen molar-refractivity contribution < 1.29 is 24.2 Å². The Morgan fingerprint density at radius 3 is 2.54 bits per heavy atom. The highest BCUT2D eigenvalue weighted by Crippen LogP contribution is 2.21. The molecule has 10 heteroatoms. The van der Waals surface area contributed by atoms with E-state index in [1.165, 1.54) is 11.9 Å². The molecule has 1 aromatic carbocycles. The quantitative estimate of drug-likeness (QED) is 0.173. The average molecular weight is 387 g/mol. The lowest BCUT2D eigenvalue weighted by Gasteiger charge is -2.21. The van der Waals surface area contributed by atoms with Crippen LogP contribution < -0.4 is 10.0 Å². The van der Waals surface area contributed by atoms with E-state index >= 15 is 0 Å². The zero-order valence-electron chi connectivity index (χ0n) is 15.1. The van der Waals surface area contributed by atoms with Crippen LogP contribution in [0.4, 0.5) is 5.69 Å². The summed E-state index contributed by atoms with van der Waals surface area (Å²) in [4.78, 5) is 26.1. The van der Waals surface area contributed by atoms with Crippen molar-refractivity contribution in [1.29, 1.82) is 0 Å². The number of carbonyl (C=O) groups is 1. The van der Waals surface area contributed by atoms with Gasteiger partial charge in [-0.05, 0) is 17.7 Å². The number of nitrogens with zero attached hydrogens (tertiary/aromatic N) is 1. The fraction of sp³-hybridized carbons (Fsp3) is 0.562. The van der Waals surface area contributed by atoms with E-state index < -0.39 is 17.2 Å². The normalized spacial score (nSPS) is 11.8. The highest BCUT2D eigenvalue weighted by atomic mass is 32.2. The summed E-state index contributed by atoms with van der Waals surface area (Å²) in [5.41, 5.74) is 1.81. The van der Waals surface area contributed by atoms with E-state index in [9.17, 15) is 14.9 Å². The minimum Gasteiger partial charge on any atom is -0.454 e. The lowest BCUT2D eigenvalue weighted by molar-refractivity contribution is -0.758. The van der Waals surface area contributed by atoms with Crippen molar-refractivity contribution in [1.82, 2.24) is 5.32 Å². The van der Waals surface area contributed by atoms with Crippen LogP contribution in [-0.2, 0) is 19.1 Å². The summed E-state index contributed by atoms with van der Waals surface area (Å²) in [6.45, 7) is 3.86. The predicted molar refractivity (Wildman–Crippen MR) is 99.3 cm³/mol. The molecule has 1 atom stereocenters. The van der Waals surface area contributed by atoms with Crippen molar-refractivity contribution in [3.8, 4) is 0 Å². The van der Waals surface area contributed by atoms with Gasteiger partial charge < -0.3 is 24.4 Å². The molecule has 0 radical (unpaired) electrons. The van der Waals surface area contributed by atoms with Crippen LogP contribution in [0.25, 0.3) is 0 Å². The molecule has 0 aliphatic heterocycles. The van der Waals surface area contributed by atoms with Crippen LogP contribution in [0.2, 0.25) is 0 Å². The molecule has 0 heterocycles. The Bertz CT molecular complexity index is 555. The molecule has 0 saturated carbocycles. The van der Waals surface area contributed by atoms with Crippen LogP contribution in [0.5, 0.6) is 0 Å². The van der Waals surface area contributed by atoms with Crippen molar-refractivity contribution in [3.05, 3.63) is 39.9 Å². The van der Waals surface area contributed by atoms with Crippen LogP contribution in [0.3, 0.4) is 0 Å². The van der Waals surface area contributed by atoms with Crippen molar-refractivity contribution in [3.63, 3.8) is 0 Å². The van der Waals surface area contributed by atoms with Gasteiger partial charge in [0, 0.05) is 24.5 Å². The topological polar surface area (TPSA) is 112 Å². The molecule has 1 aromatic rings. The first kappa shape index (κ1) is 22.0. The van der Waals surface area contributed by atoms with E-state index in [1.54, 1.807) is 0 Å². The van der Waals surface area contributed by atoms with Gasteiger partial charge in [-0.3, -0.25) is 0 Å². The number of esters is 1. The SMILES string of the molecule is CSNc1ccc(C(CNC(C)C)OC(=O)COCCO[N+](=O)[O-])cc1. The average Bonchev–Trinajstić information content (AvgIpc) is 2.59. The predicted octanol–water partition coefficient (Wildman–Crippen LogP) is 2.18. The summed E-state index contributed by atoms with van der Waals surface area (Å²) >= 11 is 1.49. The number of hydrogen-bond acceptors (Lipinski definition) is 9. The maximum absolute atomic E-state index is 12.0. The molecule has 0 aliphatic carbocycles. The third kappa shape index (κ3) is 9.44. The Morgan fingerprint density at radius 2 is 1.96 bits per heavy atom. The van der Waals surface area contributed by atoms with Gasteiger partial charge in [0.15, 0.2) is 0 Å². The third-order valence-corrected chi connectivity index (χ3v) is 3.57. The largest absolute Gasteiger partial charge is 0.454 e. The molecule has 26 heavy (non-hydrogen) atoms. The van der Waals surface area contributed by atoms with E-state index in [1.807, 2.05) is 44.4 Å². The second-order valence-corrected chi connectivity index (χ2v) is 6.19. The lowest BCUT2D eigenvalue weighted by atomic mass is 10.1. The van der Waals surface area contributed by atoms with E-state index in [2.05, 4.69) is 14.9 Å². The Balaban J connectivity index is 2.56. The van der Waals surface area contributed by atoms with Crippen molar-refractivity contribution >= 4 is 23.6 Å². The molecule has 146 valence electrons. The number of benzene rings is 1. The number of carbonyl (C=O) groups excluding carboxylic acids is 1. The number of anilines is 1. The summed E-state index contributed by atoms with van der Waals surface area (Å²) in [7, 11) is 0. The molecule has 2 N–H and O–H groups in total. The van der Waals surface area contributed by atoms with Gasteiger partial charge >= 0.3 is 5.97 Å². The first-order valence-corrected chi connectivity index (χ1v) is 9.31. The maximum atomic E-state index is 12.0. The van der Waals surface area contributed by atoms with Crippen LogP contribution in [0.1, 0.15) is 25.5 Å². The first-order chi connectivity index (χ1) is 12.4. The molecule has 0 bridgehead atoms. The minimum absolute atomic E-state index is 0.0694. The molecule has 1 unspecified atom stereocenters. The lowest BCUT2D eigenvalue weighted by Crippen LogP contribution is -2.31. The van der Waals surface area contributed by atoms with Crippen LogP contribution in [0.15, 0.2) is 24.3 Å². The second-order valence-electron chi connectivity index (χ2n) is 5.58. The Morgan fingerprint density at radius 1 is 1.27 bits per heavy atom. The molecule has 0 amide bonds. The van der Waals surface area contributed by atoms with Crippen molar-refractivity contribution in [2.45, 2.75) is 26.0 Å². The van der Waals surface area contributed by atoms with Crippen LogP contribution in [-0.4, -0.2) is 49.7 Å². The number of nitrogens with one attached hydrogen (secondary N) is 2. The summed E-state index contributed by atoms with van der Waals surface area (Å²) in [6.07, 6.45) is 1.47. The molecule has 0 aliphatic rings. The monoisotopic (exact) mass is 387 g/mol. The van der Waals surface area contributed by atoms with Gasteiger partial charge in [-0.2, -0.15) is 0 Å². The smallest absolute Gasteiger partial charge is 0.332 e. The minimum atomic E-state index is -0.912. The Kier molecular flexibility index (Phi) is 10.4. The van der Waals surface area contributed by atoms with Crippen molar-refractivity contribution in [2.75, 3.05) is 37.3 Å². The van der Waals surface area contributed by atoms with Crippen LogP contribution >= 0.6 is 11.9 Å². The Hall–Kier alpha value is -2.04. The number of ether oxygens (including phenoxy) is 2. The van der Waals surface area contributed by atoms with Crippen molar-refractivity contribution in [2.24, 2.45) is 0 Å².